The molecule has 2 aliphatic heterocycles. The number of fused-ring (bicyclic) bond motifs is 4. The normalized spacial score (nSPS) is 25.7. The van der Waals surface area contributed by atoms with E-state index in [1.165, 1.54) is 6.07 Å². The topological polar surface area (TPSA) is 74.6 Å². The summed E-state index contributed by atoms with van der Waals surface area (Å²) >= 11 is 0. The van der Waals surface area contributed by atoms with Gasteiger partial charge in [0.05, 0.1) is 12.0 Å². The van der Waals surface area contributed by atoms with Crippen molar-refractivity contribution in [1.82, 2.24) is 14.8 Å². The molecule has 2 aliphatic rings. The van der Waals surface area contributed by atoms with Crippen LogP contribution in [0.2, 0.25) is 0 Å². The molecule has 4 atom stereocenters. The Hall–Kier alpha value is -2.58. The van der Waals surface area contributed by atoms with Crippen molar-refractivity contribution >= 4 is 5.91 Å². The van der Waals surface area contributed by atoms with Crippen molar-refractivity contribution in [2.45, 2.75) is 32.1 Å². The van der Waals surface area contributed by atoms with Crippen LogP contribution in [-0.2, 0) is 17.9 Å². The van der Waals surface area contributed by atoms with E-state index >= 15 is 0 Å². The van der Waals surface area contributed by atoms with E-state index in [0.717, 1.165) is 18.2 Å². The summed E-state index contributed by atoms with van der Waals surface area (Å²) in [5.74, 6) is -2.31. The van der Waals surface area contributed by atoms with E-state index in [2.05, 4.69) is 5.32 Å². The van der Waals surface area contributed by atoms with Crippen LogP contribution in [0.5, 0.6) is 0 Å². The maximum Gasteiger partial charge on any atom is 0.250 e. The highest BCUT2D eigenvalue weighted by atomic mass is 19.1. The molecule has 3 heterocycles. The van der Waals surface area contributed by atoms with Crippen LogP contribution in [0.15, 0.2) is 41.2 Å². The molecule has 2 N–H and O–H groups in total. The van der Waals surface area contributed by atoms with Crippen molar-refractivity contribution in [3.05, 3.63) is 69.6 Å². The van der Waals surface area contributed by atoms with E-state index in [1.807, 2.05) is 11.8 Å². The Morgan fingerprint density at radius 1 is 1.28 bits per heavy atom. The summed E-state index contributed by atoms with van der Waals surface area (Å²) in [4.78, 5) is 27.2. The zero-order valence-corrected chi connectivity index (χ0v) is 16.0. The highest BCUT2D eigenvalue weighted by molar-refractivity contribution is 5.80. The molecule has 29 heavy (non-hydrogen) atoms. The average Bonchev–Trinajstić information content (AvgIpc) is 2.90. The van der Waals surface area contributed by atoms with E-state index in [1.54, 1.807) is 16.7 Å². The molecule has 4 rings (SSSR count). The molecular weight excluding hydrogens is 380 g/mol. The zero-order chi connectivity index (χ0) is 20.7. The maximum absolute atomic E-state index is 14.3. The van der Waals surface area contributed by atoms with Crippen molar-refractivity contribution in [1.29, 1.82) is 0 Å². The number of aliphatic hydroxyl groups is 1. The van der Waals surface area contributed by atoms with Gasteiger partial charge in [-0.2, -0.15) is 0 Å². The van der Waals surface area contributed by atoms with E-state index in [9.17, 15) is 23.5 Å². The van der Waals surface area contributed by atoms with Gasteiger partial charge < -0.3 is 15.0 Å². The van der Waals surface area contributed by atoms with Crippen molar-refractivity contribution < 1.29 is 18.7 Å². The Bertz CT molecular complexity index is 993. The number of nitrogens with one attached hydrogen (secondary N) is 1. The lowest BCUT2D eigenvalue weighted by atomic mass is 9.86. The molecule has 8 heteroatoms. The fourth-order valence-corrected chi connectivity index (χ4v) is 4.84. The smallest absolute Gasteiger partial charge is 0.250 e. The lowest BCUT2D eigenvalue weighted by molar-refractivity contribution is -0.127. The van der Waals surface area contributed by atoms with Gasteiger partial charge in [0.1, 0.15) is 11.6 Å². The number of hydrogen-bond donors (Lipinski definition) is 2. The molecule has 6 nitrogen and oxygen atoms in total. The van der Waals surface area contributed by atoms with E-state index < -0.39 is 29.5 Å². The minimum absolute atomic E-state index is 0.0778. The van der Waals surface area contributed by atoms with Gasteiger partial charge in [0.25, 0.3) is 5.56 Å². The predicted octanol–water partition coefficient (Wildman–Crippen LogP) is 1.43. The molecule has 1 aromatic heterocycles. The summed E-state index contributed by atoms with van der Waals surface area (Å²) in [7, 11) is 0. The first-order valence-electron chi connectivity index (χ1n) is 9.74. The van der Waals surface area contributed by atoms with Gasteiger partial charge in [-0.15, -0.1) is 0 Å². The molecule has 0 radical (unpaired) electrons. The Balaban J connectivity index is 1.82. The van der Waals surface area contributed by atoms with Crippen LogP contribution in [-0.4, -0.2) is 39.7 Å². The third kappa shape index (κ3) is 3.26. The SMILES string of the molecule is CCNC(=O)[C@@H]1[C@@H](CO)[C@@H]2Cn3c(cccc3=O)[C@H]1N2Cc1cc(F)ccc1F. The van der Waals surface area contributed by atoms with Gasteiger partial charge in [-0.1, -0.05) is 6.07 Å². The van der Waals surface area contributed by atoms with E-state index in [0.29, 0.717) is 12.2 Å². The molecule has 1 saturated heterocycles. The van der Waals surface area contributed by atoms with Crippen LogP contribution in [0.4, 0.5) is 8.78 Å². The van der Waals surface area contributed by atoms with Crippen LogP contribution in [0.3, 0.4) is 0 Å². The lowest BCUT2D eigenvalue weighted by Gasteiger charge is -2.38. The highest BCUT2D eigenvalue weighted by Crippen LogP contribution is 2.48. The average molecular weight is 403 g/mol. The summed E-state index contributed by atoms with van der Waals surface area (Å²) in [5.41, 5.74) is 0.653. The summed E-state index contributed by atoms with van der Waals surface area (Å²) in [6.45, 7) is 2.36. The van der Waals surface area contributed by atoms with Gasteiger partial charge in [0.2, 0.25) is 5.91 Å². The number of aromatic nitrogens is 1. The number of carbonyl (C=O) groups excluding carboxylic acids is 1. The number of rotatable bonds is 5. The second kappa shape index (κ2) is 7.68. The summed E-state index contributed by atoms with van der Waals surface area (Å²) in [6.07, 6.45) is 0. The number of pyridine rings is 1. The number of carbonyl (C=O) groups is 1. The Morgan fingerprint density at radius 3 is 2.79 bits per heavy atom. The summed E-state index contributed by atoms with van der Waals surface area (Å²) in [5, 5.41) is 12.9. The Morgan fingerprint density at radius 2 is 2.07 bits per heavy atom. The monoisotopic (exact) mass is 403 g/mol. The quantitative estimate of drug-likeness (QED) is 0.792. The minimum atomic E-state index is -0.600. The van der Waals surface area contributed by atoms with Crippen LogP contribution in [0, 0.1) is 23.5 Å². The molecule has 0 spiro atoms. The second-order valence-electron chi connectivity index (χ2n) is 7.59. The first-order chi connectivity index (χ1) is 14.0. The first-order valence-corrected chi connectivity index (χ1v) is 9.74. The predicted molar refractivity (Wildman–Crippen MR) is 102 cm³/mol. The van der Waals surface area contributed by atoms with Crippen LogP contribution >= 0.6 is 0 Å². The number of nitrogens with zero attached hydrogens (tertiary/aromatic N) is 2. The summed E-state index contributed by atoms with van der Waals surface area (Å²) in [6, 6.07) is 7.30. The number of amides is 1. The standard InChI is InChI=1S/C21H23F2N3O3/c1-2-24-21(29)19-14(11-27)17-10-25-16(4-3-5-18(25)28)20(19)26(17)9-12-8-13(22)6-7-15(12)23/h3-8,14,17,19-20,27H,2,9-11H2,1H3,(H,24,29)/t14-,17-,19+,20+/m0/s1. The van der Waals surface area contributed by atoms with Crippen molar-refractivity contribution in [2.24, 2.45) is 11.8 Å². The van der Waals surface area contributed by atoms with Crippen molar-refractivity contribution in [3.8, 4) is 0 Å². The third-order valence-electron chi connectivity index (χ3n) is 6.06. The molecule has 0 unspecified atom stereocenters. The molecule has 1 amide bonds. The van der Waals surface area contributed by atoms with Gasteiger partial charge in [-0.05, 0) is 31.2 Å². The van der Waals surface area contributed by atoms with Crippen LogP contribution in [0.1, 0.15) is 24.2 Å². The number of benzene rings is 1. The Kier molecular flexibility index (Phi) is 5.23. The first kappa shape index (κ1) is 19.7. The molecule has 2 aromatic rings. The molecule has 1 fully saturated rings. The largest absolute Gasteiger partial charge is 0.396 e. The van der Waals surface area contributed by atoms with Gasteiger partial charge in [0.15, 0.2) is 0 Å². The fourth-order valence-electron chi connectivity index (χ4n) is 4.84. The number of halogens is 2. The van der Waals surface area contributed by atoms with Crippen LogP contribution in [0.25, 0.3) is 0 Å². The van der Waals surface area contributed by atoms with E-state index in [4.69, 9.17) is 0 Å². The molecule has 154 valence electrons. The second-order valence-corrected chi connectivity index (χ2v) is 7.59. The zero-order valence-electron chi connectivity index (χ0n) is 16.0. The van der Waals surface area contributed by atoms with E-state index in [-0.39, 0.29) is 42.8 Å². The summed E-state index contributed by atoms with van der Waals surface area (Å²) < 4.78 is 29.7. The van der Waals surface area contributed by atoms with Gasteiger partial charge in [-0.3, -0.25) is 14.5 Å². The molecule has 0 saturated carbocycles. The van der Waals surface area contributed by atoms with Gasteiger partial charge in [-0.25, -0.2) is 8.78 Å². The molecule has 2 bridgehead atoms. The van der Waals surface area contributed by atoms with Gasteiger partial charge >= 0.3 is 0 Å². The lowest BCUT2D eigenvalue weighted by Crippen LogP contribution is -2.46. The number of hydrogen-bond acceptors (Lipinski definition) is 4. The highest BCUT2D eigenvalue weighted by Gasteiger charge is 2.55. The molecule has 0 aliphatic carbocycles. The van der Waals surface area contributed by atoms with Gasteiger partial charge in [0, 0.05) is 55.5 Å². The molecular formula is C21H23F2N3O3. The number of aliphatic hydroxyl groups excluding tert-OH is 1. The maximum atomic E-state index is 14.3. The fraction of sp³-hybridized carbons (Fsp3) is 0.429. The van der Waals surface area contributed by atoms with Crippen LogP contribution < -0.4 is 10.9 Å². The van der Waals surface area contributed by atoms with Crippen molar-refractivity contribution in [2.75, 3.05) is 13.2 Å². The third-order valence-corrected chi connectivity index (χ3v) is 6.06. The minimum Gasteiger partial charge on any atom is -0.396 e. The molecule has 1 aromatic carbocycles. The van der Waals surface area contributed by atoms with Crippen molar-refractivity contribution in [3.63, 3.8) is 0 Å². The Labute approximate surface area is 166 Å².